The molecular formula is C14H24N2O. The van der Waals surface area contributed by atoms with Crippen LogP contribution in [0.1, 0.15) is 44.9 Å². The predicted octanol–water partition coefficient (Wildman–Crippen LogP) is 1.68. The Hall–Kier alpha value is -0.570. The SMILES string of the molecule is O=C(NC1CCCCNC1)C1CC2CCC1C2. The normalized spacial score (nSPS) is 41.2. The van der Waals surface area contributed by atoms with Gasteiger partial charge in [0.15, 0.2) is 0 Å². The first kappa shape index (κ1) is 11.5. The molecule has 0 aromatic heterocycles. The van der Waals surface area contributed by atoms with Crippen LogP contribution in [-0.2, 0) is 4.79 Å². The number of carbonyl (C=O) groups excluding carboxylic acids is 1. The molecular weight excluding hydrogens is 212 g/mol. The van der Waals surface area contributed by atoms with Crippen LogP contribution in [-0.4, -0.2) is 25.0 Å². The largest absolute Gasteiger partial charge is 0.352 e. The van der Waals surface area contributed by atoms with Crippen molar-refractivity contribution in [1.29, 1.82) is 0 Å². The van der Waals surface area contributed by atoms with E-state index in [-0.39, 0.29) is 0 Å². The number of amides is 1. The lowest BCUT2D eigenvalue weighted by atomic mass is 9.88. The van der Waals surface area contributed by atoms with Gasteiger partial charge in [0.25, 0.3) is 0 Å². The van der Waals surface area contributed by atoms with Crippen LogP contribution in [0.4, 0.5) is 0 Å². The van der Waals surface area contributed by atoms with E-state index in [1.165, 1.54) is 32.1 Å². The monoisotopic (exact) mass is 236 g/mol. The van der Waals surface area contributed by atoms with Gasteiger partial charge in [0.2, 0.25) is 5.91 Å². The molecule has 1 saturated heterocycles. The zero-order chi connectivity index (χ0) is 11.7. The van der Waals surface area contributed by atoms with E-state index in [0.29, 0.717) is 23.8 Å². The smallest absolute Gasteiger partial charge is 0.223 e. The third-order valence-corrected chi connectivity index (χ3v) is 4.97. The number of hydrogen-bond acceptors (Lipinski definition) is 2. The van der Waals surface area contributed by atoms with Crippen molar-refractivity contribution in [2.24, 2.45) is 17.8 Å². The van der Waals surface area contributed by atoms with Crippen molar-refractivity contribution in [1.82, 2.24) is 10.6 Å². The lowest BCUT2D eigenvalue weighted by Crippen LogP contribution is -2.44. The van der Waals surface area contributed by atoms with E-state index >= 15 is 0 Å². The van der Waals surface area contributed by atoms with Crippen molar-refractivity contribution >= 4 is 5.91 Å². The standard InChI is InChI=1S/C14H24N2O/c17-14(13-8-10-4-5-11(13)7-10)16-12-3-1-2-6-15-9-12/h10-13,15H,1-9H2,(H,16,17). The minimum absolute atomic E-state index is 0.344. The Kier molecular flexibility index (Phi) is 3.37. The van der Waals surface area contributed by atoms with Crippen molar-refractivity contribution in [2.45, 2.75) is 51.0 Å². The summed E-state index contributed by atoms with van der Waals surface area (Å²) in [4.78, 5) is 12.3. The molecule has 17 heavy (non-hydrogen) atoms. The second-order valence-electron chi connectivity index (χ2n) is 6.19. The van der Waals surface area contributed by atoms with Crippen LogP contribution in [0.25, 0.3) is 0 Å². The highest BCUT2D eigenvalue weighted by atomic mass is 16.2. The predicted molar refractivity (Wildman–Crippen MR) is 67.6 cm³/mol. The molecule has 3 nitrogen and oxygen atoms in total. The molecule has 2 N–H and O–H groups in total. The molecule has 4 unspecified atom stereocenters. The fraction of sp³-hybridized carbons (Fsp3) is 0.929. The summed E-state index contributed by atoms with van der Waals surface area (Å²) in [7, 11) is 0. The van der Waals surface area contributed by atoms with Crippen LogP contribution in [0.2, 0.25) is 0 Å². The van der Waals surface area contributed by atoms with Crippen LogP contribution >= 0.6 is 0 Å². The molecule has 3 heteroatoms. The first-order valence-electron chi connectivity index (χ1n) is 7.34. The highest BCUT2D eigenvalue weighted by Crippen LogP contribution is 2.48. The summed E-state index contributed by atoms with van der Waals surface area (Å²) in [6, 6.07) is 0.379. The fourth-order valence-electron chi connectivity index (χ4n) is 4.02. The molecule has 2 aliphatic carbocycles. The number of nitrogens with one attached hydrogen (secondary N) is 2. The topological polar surface area (TPSA) is 41.1 Å². The van der Waals surface area contributed by atoms with Gasteiger partial charge in [0.1, 0.15) is 0 Å². The Bertz CT molecular complexity index is 284. The third-order valence-electron chi connectivity index (χ3n) is 4.97. The lowest BCUT2D eigenvalue weighted by molar-refractivity contribution is -0.127. The van der Waals surface area contributed by atoms with Crippen molar-refractivity contribution in [2.75, 3.05) is 13.1 Å². The molecule has 0 aromatic carbocycles. The van der Waals surface area contributed by atoms with Gasteiger partial charge in [-0.05, 0) is 50.5 Å². The van der Waals surface area contributed by atoms with Crippen molar-refractivity contribution in [3.05, 3.63) is 0 Å². The molecule has 1 aliphatic heterocycles. The molecule has 2 bridgehead atoms. The van der Waals surface area contributed by atoms with E-state index in [1.54, 1.807) is 0 Å². The van der Waals surface area contributed by atoms with Gasteiger partial charge in [0.05, 0.1) is 0 Å². The van der Waals surface area contributed by atoms with Gasteiger partial charge in [0, 0.05) is 18.5 Å². The van der Waals surface area contributed by atoms with Crippen LogP contribution in [0.15, 0.2) is 0 Å². The second-order valence-corrected chi connectivity index (χ2v) is 6.19. The van der Waals surface area contributed by atoms with Gasteiger partial charge in [-0.2, -0.15) is 0 Å². The van der Waals surface area contributed by atoms with E-state index < -0.39 is 0 Å². The van der Waals surface area contributed by atoms with E-state index in [4.69, 9.17) is 0 Å². The highest BCUT2D eigenvalue weighted by molar-refractivity contribution is 5.79. The second kappa shape index (κ2) is 4.97. The molecule has 96 valence electrons. The van der Waals surface area contributed by atoms with Crippen LogP contribution in [0.3, 0.4) is 0 Å². The Morgan fingerprint density at radius 3 is 2.82 bits per heavy atom. The minimum atomic E-state index is 0.344. The summed E-state index contributed by atoms with van der Waals surface area (Å²) in [5.74, 6) is 2.27. The zero-order valence-electron chi connectivity index (χ0n) is 10.6. The van der Waals surface area contributed by atoms with Crippen molar-refractivity contribution in [3.8, 4) is 0 Å². The van der Waals surface area contributed by atoms with Crippen molar-refractivity contribution < 1.29 is 4.79 Å². The summed E-state index contributed by atoms with van der Waals surface area (Å²) in [6.07, 6.45) is 8.80. The van der Waals surface area contributed by atoms with Crippen LogP contribution in [0, 0.1) is 17.8 Å². The number of carbonyl (C=O) groups is 1. The van der Waals surface area contributed by atoms with E-state index in [0.717, 1.165) is 31.8 Å². The third kappa shape index (κ3) is 2.49. The van der Waals surface area contributed by atoms with Gasteiger partial charge >= 0.3 is 0 Å². The Morgan fingerprint density at radius 1 is 1.12 bits per heavy atom. The van der Waals surface area contributed by atoms with E-state index in [9.17, 15) is 4.79 Å². The molecule has 3 fully saturated rings. The average Bonchev–Trinajstić information content (AvgIpc) is 2.87. The molecule has 1 heterocycles. The maximum Gasteiger partial charge on any atom is 0.223 e. The molecule has 1 amide bonds. The van der Waals surface area contributed by atoms with Crippen LogP contribution < -0.4 is 10.6 Å². The molecule has 4 atom stereocenters. The van der Waals surface area contributed by atoms with Gasteiger partial charge < -0.3 is 10.6 Å². The molecule has 0 spiro atoms. The quantitative estimate of drug-likeness (QED) is 0.766. The average molecular weight is 236 g/mol. The number of fused-ring (bicyclic) bond motifs is 2. The summed E-state index contributed by atoms with van der Waals surface area (Å²) in [5, 5.41) is 6.70. The molecule has 0 aromatic rings. The maximum atomic E-state index is 12.3. The van der Waals surface area contributed by atoms with Gasteiger partial charge in [-0.25, -0.2) is 0 Å². The van der Waals surface area contributed by atoms with E-state index in [2.05, 4.69) is 10.6 Å². The summed E-state index contributed by atoms with van der Waals surface area (Å²) in [5.41, 5.74) is 0. The summed E-state index contributed by atoms with van der Waals surface area (Å²) in [6.45, 7) is 2.08. The number of rotatable bonds is 2. The highest BCUT2D eigenvalue weighted by Gasteiger charge is 2.43. The maximum absolute atomic E-state index is 12.3. The Labute approximate surface area is 104 Å². The van der Waals surface area contributed by atoms with E-state index in [1.807, 2.05) is 0 Å². The minimum Gasteiger partial charge on any atom is -0.352 e. The molecule has 2 saturated carbocycles. The van der Waals surface area contributed by atoms with Gasteiger partial charge in [-0.15, -0.1) is 0 Å². The van der Waals surface area contributed by atoms with Crippen molar-refractivity contribution in [3.63, 3.8) is 0 Å². The fourth-order valence-corrected chi connectivity index (χ4v) is 4.02. The lowest BCUT2D eigenvalue weighted by Gasteiger charge is -2.24. The Morgan fingerprint density at radius 2 is 2.06 bits per heavy atom. The molecule has 0 radical (unpaired) electrons. The summed E-state index contributed by atoms with van der Waals surface area (Å²) >= 11 is 0. The summed E-state index contributed by atoms with van der Waals surface area (Å²) < 4.78 is 0. The first-order chi connectivity index (χ1) is 8.33. The first-order valence-corrected chi connectivity index (χ1v) is 7.34. The number of hydrogen-bond donors (Lipinski definition) is 2. The van der Waals surface area contributed by atoms with Gasteiger partial charge in [-0.3, -0.25) is 4.79 Å². The molecule has 3 aliphatic rings. The van der Waals surface area contributed by atoms with Gasteiger partial charge in [-0.1, -0.05) is 12.8 Å². The molecule has 3 rings (SSSR count). The zero-order valence-corrected chi connectivity index (χ0v) is 10.6. The van der Waals surface area contributed by atoms with Crippen LogP contribution in [0.5, 0.6) is 0 Å². The Balaban J connectivity index is 1.52.